The average Bonchev–Trinajstić information content (AvgIpc) is 2.58. The van der Waals surface area contributed by atoms with Crippen LogP contribution in [0.15, 0.2) is 24.3 Å². The number of benzene rings is 1. The Bertz CT molecular complexity index is 394. The van der Waals surface area contributed by atoms with E-state index in [1.54, 1.807) is 7.11 Å². The lowest BCUT2D eigenvalue weighted by atomic mass is 9.99. The predicted molar refractivity (Wildman–Crippen MR) is 94.8 cm³/mol. The lowest BCUT2D eigenvalue weighted by Crippen LogP contribution is -2.33. The minimum absolute atomic E-state index is 0.352. The summed E-state index contributed by atoms with van der Waals surface area (Å²) in [4.78, 5) is 0. The van der Waals surface area contributed by atoms with Crippen molar-refractivity contribution in [3.63, 3.8) is 0 Å². The fraction of sp³-hybridized carbons (Fsp3) is 0.684. The van der Waals surface area contributed by atoms with Crippen LogP contribution in [0.3, 0.4) is 0 Å². The van der Waals surface area contributed by atoms with Gasteiger partial charge in [0.25, 0.3) is 0 Å². The van der Waals surface area contributed by atoms with Gasteiger partial charge in [-0.25, -0.2) is 0 Å². The Kier molecular flexibility index (Phi) is 10.7. The summed E-state index contributed by atoms with van der Waals surface area (Å²) in [5, 5.41) is 13.3. The highest BCUT2D eigenvalue weighted by molar-refractivity contribution is 5.26. The van der Waals surface area contributed by atoms with Crippen molar-refractivity contribution in [3.8, 4) is 5.75 Å². The molecule has 1 aromatic carbocycles. The van der Waals surface area contributed by atoms with Gasteiger partial charge in [0.15, 0.2) is 0 Å². The van der Waals surface area contributed by atoms with Crippen molar-refractivity contribution >= 4 is 0 Å². The number of unbranched alkanes of at least 4 members (excludes halogenated alkanes) is 1. The molecule has 4 nitrogen and oxygen atoms in total. The monoisotopic (exact) mass is 323 g/mol. The van der Waals surface area contributed by atoms with Crippen molar-refractivity contribution in [3.05, 3.63) is 29.8 Å². The molecule has 0 saturated carbocycles. The molecule has 0 aliphatic rings. The minimum Gasteiger partial charge on any atom is -0.497 e. The molecule has 2 unspecified atom stereocenters. The molecule has 2 atom stereocenters. The zero-order valence-electron chi connectivity index (χ0n) is 14.9. The Morgan fingerprint density at radius 3 is 2.48 bits per heavy atom. The Morgan fingerprint density at radius 2 is 1.87 bits per heavy atom. The first-order chi connectivity index (χ1) is 11.2. The normalized spacial score (nSPS) is 13.7. The highest BCUT2D eigenvalue weighted by atomic mass is 16.5. The molecule has 0 aliphatic carbocycles. The summed E-state index contributed by atoms with van der Waals surface area (Å²) >= 11 is 0. The van der Waals surface area contributed by atoms with Gasteiger partial charge in [-0.2, -0.15) is 0 Å². The lowest BCUT2D eigenvalue weighted by molar-refractivity contribution is 0.0284. The number of hydrogen-bond acceptors (Lipinski definition) is 4. The van der Waals surface area contributed by atoms with Gasteiger partial charge in [0.2, 0.25) is 0 Å². The Balaban J connectivity index is 2.12. The van der Waals surface area contributed by atoms with Crippen LogP contribution in [0, 0.1) is 5.92 Å². The van der Waals surface area contributed by atoms with Crippen LogP contribution in [0.2, 0.25) is 0 Å². The summed E-state index contributed by atoms with van der Waals surface area (Å²) in [5.41, 5.74) is 1.08. The second-order valence-electron chi connectivity index (χ2n) is 6.09. The fourth-order valence-electron chi connectivity index (χ4n) is 2.49. The highest BCUT2D eigenvalue weighted by Crippen LogP contribution is 2.12. The molecule has 0 bridgehead atoms. The summed E-state index contributed by atoms with van der Waals surface area (Å²) in [6.45, 7) is 6.89. The smallest absolute Gasteiger partial charge is 0.118 e. The van der Waals surface area contributed by atoms with Gasteiger partial charge < -0.3 is 19.9 Å². The Labute approximate surface area is 141 Å². The Morgan fingerprint density at radius 1 is 1.13 bits per heavy atom. The summed E-state index contributed by atoms with van der Waals surface area (Å²) < 4.78 is 10.7. The summed E-state index contributed by atoms with van der Waals surface area (Å²) in [6, 6.07) is 7.78. The maximum atomic E-state index is 9.96. The maximum absolute atomic E-state index is 9.96. The van der Waals surface area contributed by atoms with E-state index in [2.05, 4.69) is 19.2 Å². The molecule has 0 radical (unpaired) electrons. The van der Waals surface area contributed by atoms with E-state index in [1.165, 1.54) is 25.7 Å². The van der Waals surface area contributed by atoms with E-state index in [0.717, 1.165) is 17.9 Å². The van der Waals surface area contributed by atoms with Crippen LogP contribution in [0.25, 0.3) is 0 Å². The van der Waals surface area contributed by atoms with E-state index in [-0.39, 0.29) is 0 Å². The molecule has 1 rings (SSSR count). The van der Waals surface area contributed by atoms with Gasteiger partial charge in [-0.05, 0) is 36.6 Å². The fourth-order valence-corrected chi connectivity index (χ4v) is 2.49. The molecule has 0 aromatic heterocycles. The number of methoxy groups -OCH3 is 1. The van der Waals surface area contributed by atoms with Gasteiger partial charge in [-0.15, -0.1) is 0 Å². The van der Waals surface area contributed by atoms with Crippen LogP contribution < -0.4 is 10.1 Å². The Hall–Kier alpha value is -1.10. The lowest BCUT2D eigenvalue weighted by Gasteiger charge is -2.17. The zero-order chi connectivity index (χ0) is 16.9. The van der Waals surface area contributed by atoms with Crippen molar-refractivity contribution in [2.75, 3.05) is 26.8 Å². The van der Waals surface area contributed by atoms with Gasteiger partial charge in [-0.3, -0.25) is 0 Å². The van der Waals surface area contributed by atoms with E-state index >= 15 is 0 Å². The van der Waals surface area contributed by atoms with E-state index in [9.17, 15) is 5.11 Å². The maximum Gasteiger partial charge on any atom is 0.118 e. The van der Waals surface area contributed by atoms with Gasteiger partial charge in [0, 0.05) is 6.54 Å². The number of aliphatic hydroxyl groups excluding tert-OH is 1. The molecule has 0 amide bonds. The third-order valence-corrected chi connectivity index (χ3v) is 4.09. The molecular weight excluding hydrogens is 290 g/mol. The first kappa shape index (κ1) is 19.9. The number of hydrogen-bond donors (Lipinski definition) is 2. The summed E-state index contributed by atoms with van der Waals surface area (Å²) in [5.74, 6) is 1.55. The second kappa shape index (κ2) is 12.3. The van der Waals surface area contributed by atoms with Crippen LogP contribution in [0.1, 0.15) is 45.1 Å². The number of rotatable bonds is 13. The predicted octanol–water partition coefficient (Wildman–Crippen LogP) is 3.38. The molecule has 4 heteroatoms. The van der Waals surface area contributed by atoms with Gasteiger partial charge in [0.1, 0.15) is 5.75 Å². The van der Waals surface area contributed by atoms with Crippen LogP contribution in [0.4, 0.5) is 0 Å². The first-order valence-electron chi connectivity index (χ1n) is 8.79. The van der Waals surface area contributed by atoms with Crippen molar-refractivity contribution in [2.45, 2.75) is 52.2 Å². The molecule has 0 heterocycles. The topological polar surface area (TPSA) is 50.7 Å². The minimum atomic E-state index is -0.461. The molecule has 23 heavy (non-hydrogen) atoms. The summed E-state index contributed by atoms with van der Waals surface area (Å²) in [6.07, 6.45) is 4.53. The third-order valence-electron chi connectivity index (χ3n) is 4.09. The second-order valence-corrected chi connectivity index (χ2v) is 6.09. The van der Waals surface area contributed by atoms with E-state index in [4.69, 9.17) is 9.47 Å². The largest absolute Gasteiger partial charge is 0.497 e. The zero-order valence-corrected chi connectivity index (χ0v) is 14.9. The molecule has 0 spiro atoms. The number of ether oxygens (including phenoxy) is 2. The van der Waals surface area contributed by atoms with Crippen LogP contribution >= 0.6 is 0 Å². The third kappa shape index (κ3) is 8.94. The molecule has 0 aliphatic heterocycles. The molecule has 0 saturated heterocycles. The first-order valence-corrected chi connectivity index (χ1v) is 8.79. The molecule has 132 valence electrons. The van der Waals surface area contributed by atoms with E-state index < -0.39 is 6.10 Å². The van der Waals surface area contributed by atoms with Crippen molar-refractivity contribution in [1.82, 2.24) is 5.32 Å². The van der Waals surface area contributed by atoms with Crippen LogP contribution in [0.5, 0.6) is 5.75 Å². The van der Waals surface area contributed by atoms with Gasteiger partial charge >= 0.3 is 0 Å². The quantitative estimate of drug-likeness (QED) is 0.584. The molecule has 1 aromatic rings. The standard InChI is InChI=1S/C19H33NO3/c1-4-6-7-16(5-2)12-20-13-18(21)15-23-14-17-8-10-19(22-3)11-9-17/h8-11,16,18,20-21H,4-7,12-15H2,1-3H3. The number of nitrogens with one attached hydrogen (secondary N) is 1. The van der Waals surface area contributed by atoms with E-state index in [1.807, 2.05) is 24.3 Å². The summed E-state index contributed by atoms with van der Waals surface area (Å²) in [7, 11) is 1.65. The van der Waals surface area contributed by atoms with Gasteiger partial charge in [-0.1, -0.05) is 45.2 Å². The molecule has 0 fully saturated rings. The molecule has 2 N–H and O–H groups in total. The number of aliphatic hydroxyl groups is 1. The van der Waals surface area contributed by atoms with E-state index in [0.29, 0.717) is 25.7 Å². The highest BCUT2D eigenvalue weighted by Gasteiger charge is 2.08. The van der Waals surface area contributed by atoms with Crippen LogP contribution in [-0.4, -0.2) is 38.0 Å². The van der Waals surface area contributed by atoms with Gasteiger partial charge in [0.05, 0.1) is 26.4 Å². The van der Waals surface area contributed by atoms with Crippen LogP contribution in [-0.2, 0) is 11.3 Å². The average molecular weight is 323 g/mol. The van der Waals surface area contributed by atoms with Crippen molar-refractivity contribution < 1.29 is 14.6 Å². The van der Waals surface area contributed by atoms with Crippen molar-refractivity contribution in [1.29, 1.82) is 0 Å². The SMILES string of the molecule is CCCCC(CC)CNCC(O)COCc1ccc(OC)cc1. The molecular formula is C19H33NO3. The van der Waals surface area contributed by atoms with Crippen molar-refractivity contribution in [2.24, 2.45) is 5.92 Å².